The van der Waals surface area contributed by atoms with E-state index in [2.05, 4.69) is 34.2 Å². The van der Waals surface area contributed by atoms with Crippen molar-refractivity contribution in [2.75, 3.05) is 31.6 Å². The molecule has 1 aromatic rings. The highest BCUT2D eigenvalue weighted by Crippen LogP contribution is 2.31. The number of carbonyl (C=O) groups is 2. The number of rotatable bonds is 9. The van der Waals surface area contributed by atoms with Crippen molar-refractivity contribution in [1.29, 1.82) is 0 Å². The number of aryl methyl sites for hydroxylation is 1. The first-order valence-electron chi connectivity index (χ1n) is 11.9. The van der Waals surface area contributed by atoms with Crippen molar-refractivity contribution in [2.24, 2.45) is 11.8 Å². The summed E-state index contributed by atoms with van der Waals surface area (Å²) in [5, 5.41) is 12.9. The van der Waals surface area contributed by atoms with Gasteiger partial charge >= 0.3 is 0 Å². The Bertz CT molecular complexity index is 835. The summed E-state index contributed by atoms with van der Waals surface area (Å²) in [7, 11) is 2.06. The van der Waals surface area contributed by atoms with Crippen LogP contribution in [0.2, 0.25) is 0 Å². The molecule has 1 aliphatic heterocycles. The molecule has 0 unspecified atom stereocenters. The standard InChI is InChI=1S/C23H37FN6O3/c1-15-12-30(16(2)11-28(15)4)22-21(24)20(26-17(3)27-22)10-25-23(32)19(13-29(33)14-31)9-18-7-5-6-8-18/h14-16,18-19,33H,5-13H2,1-4H3,(H,25,32)/t15-,16+,19-/m1/s1. The Hall–Kier alpha value is -2.33. The number of carbonyl (C=O) groups excluding carboxylic acids is 2. The molecule has 1 aliphatic carbocycles. The lowest BCUT2D eigenvalue weighted by Crippen LogP contribution is -2.55. The fraction of sp³-hybridized carbons (Fsp3) is 0.739. The molecule has 1 saturated heterocycles. The average molecular weight is 465 g/mol. The molecule has 10 heteroatoms. The maximum Gasteiger partial charge on any atom is 0.233 e. The molecular weight excluding hydrogens is 427 g/mol. The van der Waals surface area contributed by atoms with Gasteiger partial charge in [-0.15, -0.1) is 0 Å². The third-order valence-electron chi connectivity index (χ3n) is 7.01. The fourth-order valence-electron chi connectivity index (χ4n) is 5.00. The third kappa shape index (κ3) is 6.38. The molecule has 2 heterocycles. The predicted octanol–water partition coefficient (Wildman–Crippen LogP) is 2.11. The van der Waals surface area contributed by atoms with Crippen LogP contribution in [-0.2, 0) is 16.1 Å². The van der Waals surface area contributed by atoms with E-state index in [1.165, 1.54) is 0 Å². The van der Waals surface area contributed by atoms with E-state index in [4.69, 9.17) is 0 Å². The molecule has 0 radical (unpaired) electrons. The number of halogens is 1. The summed E-state index contributed by atoms with van der Waals surface area (Å²) < 4.78 is 15.5. The van der Waals surface area contributed by atoms with Gasteiger partial charge in [0.05, 0.1) is 19.0 Å². The molecule has 3 atom stereocenters. The van der Waals surface area contributed by atoms with Crippen LogP contribution in [0.15, 0.2) is 0 Å². The Kier molecular flexibility index (Phi) is 8.58. The van der Waals surface area contributed by atoms with Gasteiger partial charge in [0.2, 0.25) is 12.3 Å². The quantitative estimate of drug-likeness (QED) is 0.328. The van der Waals surface area contributed by atoms with Crippen molar-refractivity contribution in [3.8, 4) is 0 Å². The largest absolute Gasteiger partial charge is 0.350 e. The molecule has 2 fully saturated rings. The smallest absolute Gasteiger partial charge is 0.233 e. The van der Waals surface area contributed by atoms with Crippen LogP contribution in [0.1, 0.15) is 57.5 Å². The first-order chi connectivity index (χ1) is 15.7. The molecule has 0 bridgehead atoms. The van der Waals surface area contributed by atoms with Crippen molar-refractivity contribution >= 4 is 18.1 Å². The molecule has 2 N–H and O–H groups in total. The molecule has 0 aromatic carbocycles. The number of likely N-dealkylation sites (N-methyl/N-ethyl adjacent to an activating group) is 1. The zero-order chi connectivity index (χ0) is 24.1. The van der Waals surface area contributed by atoms with Crippen LogP contribution < -0.4 is 10.2 Å². The highest BCUT2D eigenvalue weighted by atomic mass is 19.1. The predicted molar refractivity (Wildman–Crippen MR) is 122 cm³/mol. The fourth-order valence-corrected chi connectivity index (χ4v) is 5.00. The van der Waals surface area contributed by atoms with Crippen LogP contribution >= 0.6 is 0 Å². The van der Waals surface area contributed by atoms with Crippen molar-refractivity contribution < 1.29 is 19.2 Å². The van der Waals surface area contributed by atoms with Crippen LogP contribution in [0.3, 0.4) is 0 Å². The molecule has 3 rings (SSSR count). The van der Waals surface area contributed by atoms with Gasteiger partial charge in [-0.3, -0.25) is 19.7 Å². The van der Waals surface area contributed by atoms with Gasteiger partial charge in [0.1, 0.15) is 11.5 Å². The van der Waals surface area contributed by atoms with Crippen molar-refractivity contribution in [2.45, 2.75) is 71.5 Å². The number of amides is 2. The lowest BCUT2D eigenvalue weighted by molar-refractivity contribution is -0.155. The molecule has 2 amide bonds. The third-order valence-corrected chi connectivity index (χ3v) is 7.01. The Labute approximate surface area is 195 Å². The van der Waals surface area contributed by atoms with E-state index in [1.807, 2.05) is 11.8 Å². The number of hydrogen-bond acceptors (Lipinski definition) is 7. The van der Waals surface area contributed by atoms with Gasteiger partial charge in [-0.1, -0.05) is 25.7 Å². The topological polar surface area (TPSA) is 102 Å². The number of piperazine rings is 1. The molecule has 0 spiro atoms. The summed E-state index contributed by atoms with van der Waals surface area (Å²) >= 11 is 0. The molecule has 1 aromatic heterocycles. The minimum atomic E-state index is -0.563. The summed E-state index contributed by atoms with van der Waals surface area (Å²) in [5.41, 5.74) is 0.139. The summed E-state index contributed by atoms with van der Waals surface area (Å²) in [6.45, 7) is 7.15. The monoisotopic (exact) mass is 464 g/mol. The van der Waals surface area contributed by atoms with Gasteiger partial charge in [0.25, 0.3) is 0 Å². The van der Waals surface area contributed by atoms with E-state index in [0.29, 0.717) is 36.2 Å². The highest BCUT2D eigenvalue weighted by Gasteiger charge is 2.31. The molecule has 33 heavy (non-hydrogen) atoms. The lowest BCUT2D eigenvalue weighted by Gasteiger charge is -2.43. The zero-order valence-electron chi connectivity index (χ0n) is 20.1. The van der Waals surface area contributed by atoms with Gasteiger partial charge < -0.3 is 10.2 Å². The maximum absolute atomic E-state index is 15.5. The van der Waals surface area contributed by atoms with Crippen LogP contribution in [0.5, 0.6) is 0 Å². The van der Waals surface area contributed by atoms with Crippen molar-refractivity contribution in [3.05, 3.63) is 17.3 Å². The summed E-state index contributed by atoms with van der Waals surface area (Å²) in [6.07, 6.45) is 5.24. The zero-order valence-corrected chi connectivity index (χ0v) is 20.1. The molecule has 9 nitrogen and oxygen atoms in total. The highest BCUT2D eigenvalue weighted by molar-refractivity contribution is 5.79. The van der Waals surface area contributed by atoms with E-state index in [1.54, 1.807) is 6.92 Å². The number of nitrogens with zero attached hydrogens (tertiary/aromatic N) is 5. The second-order valence-corrected chi connectivity index (χ2v) is 9.67. The van der Waals surface area contributed by atoms with Crippen LogP contribution in [-0.4, -0.2) is 76.2 Å². The first-order valence-corrected chi connectivity index (χ1v) is 11.9. The van der Waals surface area contributed by atoms with E-state index in [-0.39, 0.29) is 42.6 Å². The number of hydrogen-bond donors (Lipinski definition) is 2. The van der Waals surface area contributed by atoms with E-state index in [0.717, 1.165) is 32.2 Å². The Balaban J connectivity index is 1.72. The van der Waals surface area contributed by atoms with Gasteiger partial charge in [-0.2, -0.15) is 0 Å². The normalized spacial score (nSPS) is 22.9. The van der Waals surface area contributed by atoms with Crippen molar-refractivity contribution in [1.82, 2.24) is 25.2 Å². The lowest BCUT2D eigenvalue weighted by atomic mass is 9.92. The summed E-state index contributed by atoms with van der Waals surface area (Å²) in [6, 6.07) is 0.349. The average Bonchev–Trinajstić information content (AvgIpc) is 3.29. The minimum Gasteiger partial charge on any atom is -0.350 e. The van der Waals surface area contributed by atoms with Crippen LogP contribution in [0.25, 0.3) is 0 Å². The van der Waals surface area contributed by atoms with Gasteiger partial charge in [0, 0.05) is 25.2 Å². The molecule has 1 saturated carbocycles. The van der Waals surface area contributed by atoms with Gasteiger partial charge in [-0.05, 0) is 40.2 Å². The van der Waals surface area contributed by atoms with E-state index >= 15 is 4.39 Å². The Morgan fingerprint density at radius 3 is 2.64 bits per heavy atom. The first kappa shape index (κ1) is 25.3. The van der Waals surface area contributed by atoms with Crippen molar-refractivity contribution in [3.63, 3.8) is 0 Å². The molecule has 2 aliphatic rings. The number of nitrogens with one attached hydrogen (secondary N) is 1. The second-order valence-electron chi connectivity index (χ2n) is 9.67. The van der Waals surface area contributed by atoms with E-state index in [9.17, 15) is 14.8 Å². The van der Waals surface area contributed by atoms with Crippen LogP contribution in [0, 0.1) is 24.6 Å². The van der Waals surface area contributed by atoms with E-state index < -0.39 is 11.7 Å². The maximum atomic E-state index is 15.5. The minimum absolute atomic E-state index is 0.0770. The number of anilines is 1. The number of aromatic nitrogens is 2. The Morgan fingerprint density at radius 2 is 1.97 bits per heavy atom. The van der Waals surface area contributed by atoms with Crippen LogP contribution in [0.4, 0.5) is 10.2 Å². The van der Waals surface area contributed by atoms with Gasteiger partial charge in [0.15, 0.2) is 11.6 Å². The Morgan fingerprint density at radius 1 is 1.27 bits per heavy atom. The molecular formula is C23H37FN6O3. The summed E-state index contributed by atoms with van der Waals surface area (Å²) in [5.74, 6) is -0.294. The van der Waals surface area contributed by atoms with Gasteiger partial charge in [-0.25, -0.2) is 19.4 Å². The molecule has 184 valence electrons. The number of hydroxylamine groups is 2. The summed E-state index contributed by atoms with van der Waals surface area (Å²) in [4.78, 5) is 36.6. The second kappa shape index (κ2) is 11.2. The SMILES string of the molecule is Cc1nc(CNC(=O)[C@H](CC2CCCC2)CN(O)C=O)c(F)c(N2C[C@@H](C)N(C)C[C@@H]2C)n1.